The maximum atomic E-state index is 12.0. The number of hydrogen-bond donors (Lipinski definition) is 2. The van der Waals surface area contributed by atoms with E-state index in [0.717, 1.165) is 32.5 Å². The minimum atomic E-state index is 0.153. The lowest BCUT2D eigenvalue weighted by Gasteiger charge is -2.28. The number of nitrogens with one attached hydrogen (secondary N) is 2. The average molecular weight is 241 g/mol. The van der Waals surface area contributed by atoms with Crippen molar-refractivity contribution in [3.05, 3.63) is 0 Å². The van der Waals surface area contributed by atoms with Crippen molar-refractivity contribution in [3.63, 3.8) is 0 Å². The maximum absolute atomic E-state index is 12.0. The smallest absolute Gasteiger partial charge is 0.224 e. The molecule has 1 aliphatic rings. The fourth-order valence-electron chi connectivity index (χ4n) is 2.24. The first-order chi connectivity index (χ1) is 7.99. The first kappa shape index (κ1) is 14.5. The van der Waals surface area contributed by atoms with E-state index in [0.29, 0.717) is 5.92 Å². The molecule has 0 aromatic rings. The first-order valence-electron chi connectivity index (χ1n) is 6.65. The number of carbonyl (C=O) groups is 1. The second-order valence-electron chi connectivity index (χ2n) is 5.70. The summed E-state index contributed by atoms with van der Waals surface area (Å²) in [5.41, 5.74) is 0. The lowest BCUT2D eigenvalue weighted by Crippen LogP contribution is -2.46. The Morgan fingerprint density at radius 3 is 2.76 bits per heavy atom. The SMILES string of the molecule is CC1CNCC(C(=O)NC(C)CCN(C)C)C1. The van der Waals surface area contributed by atoms with Gasteiger partial charge in [-0.05, 0) is 52.9 Å². The molecule has 4 nitrogen and oxygen atoms in total. The Balaban J connectivity index is 2.27. The molecule has 0 radical (unpaired) electrons. The van der Waals surface area contributed by atoms with Crippen LogP contribution in [0, 0.1) is 11.8 Å². The Labute approximate surface area is 105 Å². The van der Waals surface area contributed by atoms with E-state index in [1.165, 1.54) is 0 Å². The third kappa shape index (κ3) is 5.50. The quantitative estimate of drug-likeness (QED) is 0.744. The molecule has 1 rings (SSSR count). The lowest BCUT2D eigenvalue weighted by atomic mass is 9.91. The molecule has 0 spiro atoms. The third-order valence-corrected chi connectivity index (χ3v) is 3.34. The molecule has 1 heterocycles. The number of nitrogens with zero attached hydrogens (tertiary/aromatic N) is 1. The Morgan fingerprint density at radius 2 is 2.18 bits per heavy atom. The van der Waals surface area contributed by atoms with Crippen molar-refractivity contribution in [2.45, 2.75) is 32.7 Å². The monoisotopic (exact) mass is 241 g/mol. The molecule has 100 valence electrons. The van der Waals surface area contributed by atoms with Crippen LogP contribution in [0.25, 0.3) is 0 Å². The van der Waals surface area contributed by atoms with Gasteiger partial charge < -0.3 is 15.5 Å². The van der Waals surface area contributed by atoms with Crippen LogP contribution in [-0.4, -0.2) is 50.6 Å². The fourth-order valence-corrected chi connectivity index (χ4v) is 2.24. The van der Waals surface area contributed by atoms with E-state index in [2.05, 4.69) is 43.5 Å². The van der Waals surface area contributed by atoms with Gasteiger partial charge in [0.05, 0.1) is 5.92 Å². The maximum Gasteiger partial charge on any atom is 0.224 e. The molecule has 1 aliphatic heterocycles. The molecule has 0 aromatic carbocycles. The van der Waals surface area contributed by atoms with Gasteiger partial charge in [-0.15, -0.1) is 0 Å². The Morgan fingerprint density at radius 1 is 1.47 bits per heavy atom. The minimum absolute atomic E-state index is 0.153. The van der Waals surface area contributed by atoms with Crippen LogP contribution >= 0.6 is 0 Å². The number of carbonyl (C=O) groups excluding carboxylic acids is 1. The molecule has 2 N–H and O–H groups in total. The van der Waals surface area contributed by atoms with Gasteiger partial charge in [-0.3, -0.25) is 4.79 Å². The van der Waals surface area contributed by atoms with Crippen LogP contribution in [0.2, 0.25) is 0 Å². The van der Waals surface area contributed by atoms with Gasteiger partial charge in [0, 0.05) is 12.6 Å². The van der Waals surface area contributed by atoms with Crippen LogP contribution in [-0.2, 0) is 4.79 Å². The van der Waals surface area contributed by atoms with Crippen molar-refractivity contribution in [1.29, 1.82) is 0 Å². The Hall–Kier alpha value is -0.610. The molecule has 1 fully saturated rings. The van der Waals surface area contributed by atoms with Crippen molar-refractivity contribution < 1.29 is 4.79 Å². The first-order valence-corrected chi connectivity index (χ1v) is 6.65. The standard InChI is InChI=1S/C13H27N3O/c1-10-7-12(9-14-8-10)13(17)15-11(2)5-6-16(3)4/h10-12,14H,5-9H2,1-4H3,(H,15,17). The van der Waals surface area contributed by atoms with Gasteiger partial charge in [-0.1, -0.05) is 6.92 Å². The van der Waals surface area contributed by atoms with Crippen LogP contribution in [0.5, 0.6) is 0 Å². The van der Waals surface area contributed by atoms with Crippen LogP contribution in [0.4, 0.5) is 0 Å². The molecule has 17 heavy (non-hydrogen) atoms. The van der Waals surface area contributed by atoms with E-state index in [4.69, 9.17) is 0 Å². The topological polar surface area (TPSA) is 44.4 Å². The summed E-state index contributed by atoms with van der Waals surface area (Å²) in [7, 11) is 4.11. The van der Waals surface area contributed by atoms with Gasteiger partial charge in [0.2, 0.25) is 5.91 Å². The normalized spacial score (nSPS) is 26.9. The van der Waals surface area contributed by atoms with Crippen molar-refractivity contribution >= 4 is 5.91 Å². The lowest BCUT2D eigenvalue weighted by molar-refractivity contribution is -0.126. The van der Waals surface area contributed by atoms with Crippen molar-refractivity contribution in [2.75, 3.05) is 33.7 Å². The van der Waals surface area contributed by atoms with Crippen molar-refractivity contribution in [2.24, 2.45) is 11.8 Å². The number of hydrogen-bond acceptors (Lipinski definition) is 3. The summed E-state index contributed by atoms with van der Waals surface area (Å²) in [6, 6.07) is 0.266. The molecule has 3 unspecified atom stereocenters. The van der Waals surface area contributed by atoms with E-state index in [9.17, 15) is 4.79 Å². The zero-order valence-corrected chi connectivity index (χ0v) is 11.6. The summed E-state index contributed by atoms with van der Waals surface area (Å²) < 4.78 is 0. The highest BCUT2D eigenvalue weighted by Crippen LogP contribution is 2.16. The molecule has 0 bridgehead atoms. The van der Waals surface area contributed by atoms with E-state index in [1.54, 1.807) is 0 Å². The molecule has 0 saturated carbocycles. The van der Waals surface area contributed by atoms with Gasteiger partial charge >= 0.3 is 0 Å². The van der Waals surface area contributed by atoms with E-state index < -0.39 is 0 Å². The zero-order valence-electron chi connectivity index (χ0n) is 11.6. The minimum Gasteiger partial charge on any atom is -0.353 e. The summed E-state index contributed by atoms with van der Waals surface area (Å²) in [4.78, 5) is 14.2. The number of piperidine rings is 1. The highest BCUT2D eigenvalue weighted by Gasteiger charge is 2.25. The highest BCUT2D eigenvalue weighted by atomic mass is 16.2. The van der Waals surface area contributed by atoms with Gasteiger partial charge in [-0.2, -0.15) is 0 Å². The van der Waals surface area contributed by atoms with E-state index >= 15 is 0 Å². The van der Waals surface area contributed by atoms with Crippen LogP contribution in [0.3, 0.4) is 0 Å². The van der Waals surface area contributed by atoms with Gasteiger partial charge in [0.25, 0.3) is 0 Å². The molecule has 1 saturated heterocycles. The summed E-state index contributed by atoms with van der Waals surface area (Å²) in [5, 5.41) is 6.44. The van der Waals surface area contributed by atoms with Gasteiger partial charge in [0.1, 0.15) is 0 Å². The molecule has 0 aliphatic carbocycles. The molecule has 4 heteroatoms. The number of rotatable bonds is 5. The average Bonchev–Trinajstić information content (AvgIpc) is 2.26. The largest absolute Gasteiger partial charge is 0.353 e. The molecule has 3 atom stereocenters. The Kier molecular flexibility index (Phi) is 5.92. The van der Waals surface area contributed by atoms with Gasteiger partial charge in [-0.25, -0.2) is 0 Å². The Bertz CT molecular complexity index is 243. The molecule has 0 aromatic heterocycles. The van der Waals surface area contributed by atoms with Crippen LogP contribution in [0.1, 0.15) is 26.7 Å². The van der Waals surface area contributed by atoms with Crippen molar-refractivity contribution in [3.8, 4) is 0 Å². The van der Waals surface area contributed by atoms with E-state index in [1.807, 2.05) is 0 Å². The van der Waals surface area contributed by atoms with Crippen molar-refractivity contribution in [1.82, 2.24) is 15.5 Å². The predicted octanol–water partition coefficient (Wildman–Crippen LogP) is 0.688. The second-order valence-corrected chi connectivity index (χ2v) is 5.70. The number of amides is 1. The molecular formula is C13H27N3O. The van der Waals surface area contributed by atoms with Crippen LogP contribution < -0.4 is 10.6 Å². The highest BCUT2D eigenvalue weighted by molar-refractivity contribution is 5.79. The molecular weight excluding hydrogens is 214 g/mol. The third-order valence-electron chi connectivity index (χ3n) is 3.34. The molecule has 1 amide bonds. The summed E-state index contributed by atoms with van der Waals surface area (Å²) in [6.07, 6.45) is 2.02. The van der Waals surface area contributed by atoms with E-state index in [-0.39, 0.29) is 17.9 Å². The zero-order chi connectivity index (χ0) is 12.8. The summed E-state index contributed by atoms with van der Waals surface area (Å²) >= 11 is 0. The van der Waals surface area contributed by atoms with Crippen LogP contribution in [0.15, 0.2) is 0 Å². The summed E-state index contributed by atoms with van der Waals surface area (Å²) in [5.74, 6) is 0.979. The fraction of sp³-hybridized carbons (Fsp3) is 0.923. The summed E-state index contributed by atoms with van der Waals surface area (Å²) in [6.45, 7) is 7.17. The predicted molar refractivity (Wildman–Crippen MR) is 70.9 cm³/mol. The second kappa shape index (κ2) is 6.97. The van der Waals surface area contributed by atoms with Gasteiger partial charge in [0.15, 0.2) is 0 Å².